The predicted octanol–water partition coefficient (Wildman–Crippen LogP) is -0.998. The molecule has 1 heterocycles. The molecule has 0 aliphatic carbocycles. The first-order valence-corrected chi connectivity index (χ1v) is 5.01. The van der Waals surface area contributed by atoms with Crippen LogP contribution < -0.4 is 11.3 Å². The molecule has 0 aromatic carbocycles. The highest BCUT2D eigenvalue weighted by Crippen LogP contribution is 2.12. The second kappa shape index (κ2) is 5.29. The zero-order valence-electron chi connectivity index (χ0n) is 8.99. The van der Waals surface area contributed by atoms with Gasteiger partial charge < -0.3 is 4.90 Å². The van der Waals surface area contributed by atoms with Crippen molar-refractivity contribution in [2.45, 2.75) is 18.9 Å². The monoisotopic (exact) mass is 200 g/mol. The molecule has 14 heavy (non-hydrogen) atoms. The fraction of sp³-hybridized carbons (Fsp3) is 0.889. The van der Waals surface area contributed by atoms with Crippen LogP contribution in [0.3, 0.4) is 0 Å². The molecule has 5 heteroatoms. The largest absolute Gasteiger partial charge is 0.305 e. The Bertz CT molecular complexity index is 195. The number of piperidine rings is 1. The molecule has 1 amide bonds. The van der Waals surface area contributed by atoms with Crippen LogP contribution in [-0.4, -0.2) is 55.5 Å². The van der Waals surface area contributed by atoms with Crippen LogP contribution in [0.4, 0.5) is 0 Å². The van der Waals surface area contributed by atoms with E-state index in [1.807, 2.05) is 0 Å². The van der Waals surface area contributed by atoms with Crippen LogP contribution in [0.5, 0.6) is 0 Å². The number of amides is 1. The molecule has 0 radical (unpaired) electrons. The third kappa shape index (κ3) is 3.25. The van der Waals surface area contributed by atoms with Crippen molar-refractivity contribution in [2.24, 2.45) is 5.84 Å². The van der Waals surface area contributed by atoms with E-state index in [4.69, 9.17) is 5.84 Å². The lowest BCUT2D eigenvalue weighted by atomic mass is 10.1. The molecule has 0 spiro atoms. The summed E-state index contributed by atoms with van der Waals surface area (Å²) in [7, 11) is 4.16. The standard InChI is InChI=1S/C9H20N4O/c1-12(2)8-4-3-5-13(6-8)7-9(14)11-10/h8H,3-7,10H2,1-2H3,(H,11,14). The summed E-state index contributed by atoms with van der Waals surface area (Å²) in [4.78, 5) is 15.4. The van der Waals surface area contributed by atoms with Crippen LogP contribution in [-0.2, 0) is 4.79 Å². The summed E-state index contributed by atoms with van der Waals surface area (Å²) >= 11 is 0. The Morgan fingerprint density at radius 3 is 2.93 bits per heavy atom. The molecule has 0 saturated carbocycles. The maximum Gasteiger partial charge on any atom is 0.248 e. The van der Waals surface area contributed by atoms with E-state index in [1.54, 1.807) is 0 Å². The lowest BCUT2D eigenvalue weighted by molar-refractivity contribution is -0.122. The molecule has 3 N–H and O–H groups in total. The molecule has 1 aliphatic heterocycles. The molecule has 1 unspecified atom stereocenters. The number of carbonyl (C=O) groups excluding carboxylic acids is 1. The molecule has 5 nitrogen and oxygen atoms in total. The van der Waals surface area contributed by atoms with E-state index < -0.39 is 0 Å². The van der Waals surface area contributed by atoms with Gasteiger partial charge in [-0.05, 0) is 33.5 Å². The van der Waals surface area contributed by atoms with Crippen molar-refractivity contribution < 1.29 is 4.79 Å². The van der Waals surface area contributed by atoms with E-state index >= 15 is 0 Å². The van der Waals surface area contributed by atoms with Gasteiger partial charge in [0.1, 0.15) is 0 Å². The van der Waals surface area contributed by atoms with Crippen molar-refractivity contribution in [2.75, 3.05) is 33.7 Å². The van der Waals surface area contributed by atoms with Crippen molar-refractivity contribution in [1.29, 1.82) is 0 Å². The number of likely N-dealkylation sites (N-methyl/N-ethyl adjacent to an activating group) is 1. The van der Waals surface area contributed by atoms with Crippen molar-refractivity contribution in [1.82, 2.24) is 15.2 Å². The summed E-state index contributed by atoms with van der Waals surface area (Å²) in [5, 5.41) is 0. The number of nitrogens with two attached hydrogens (primary N) is 1. The molecule has 1 rings (SSSR count). The molecular weight excluding hydrogens is 180 g/mol. The summed E-state index contributed by atoms with van der Waals surface area (Å²) in [6.07, 6.45) is 2.37. The number of hydrogen-bond acceptors (Lipinski definition) is 4. The normalized spacial score (nSPS) is 23.9. The van der Waals surface area contributed by atoms with Gasteiger partial charge in [-0.15, -0.1) is 0 Å². The summed E-state index contributed by atoms with van der Waals surface area (Å²) in [5.74, 6) is 4.94. The van der Waals surface area contributed by atoms with Gasteiger partial charge in [0.15, 0.2) is 0 Å². The smallest absolute Gasteiger partial charge is 0.248 e. The summed E-state index contributed by atoms with van der Waals surface area (Å²) in [6, 6.07) is 0.564. The van der Waals surface area contributed by atoms with Crippen LogP contribution >= 0.6 is 0 Å². The first kappa shape index (κ1) is 11.4. The lowest BCUT2D eigenvalue weighted by Crippen LogP contribution is -2.49. The number of nitrogens with one attached hydrogen (secondary N) is 1. The van der Waals surface area contributed by atoms with Crippen LogP contribution in [0, 0.1) is 0 Å². The van der Waals surface area contributed by atoms with E-state index in [0.717, 1.165) is 19.5 Å². The summed E-state index contributed by atoms with van der Waals surface area (Å²) in [6.45, 7) is 2.37. The number of carbonyl (C=O) groups is 1. The minimum Gasteiger partial charge on any atom is -0.305 e. The van der Waals surface area contributed by atoms with Gasteiger partial charge in [0.2, 0.25) is 5.91 Å². The molecule has 82 valence electrons. The average Bonchev–Trinajstić information content (AvgIpc) is 2.18. The highest BCUT2D eigenvalue weighted by atomic mass is 16.2. The van der Waals surface area contributed by atoms with E-state index in [-0.39, 0.29) is 5.91 Å². The van der Waals surface area contributed by atoms with E-state index in [0.29, 0.717) is 12.6 Å². The average molecular weight is 200 g/mol. The van der Waals surface area contributed by atoms with Crippen LogP contribution in [0.1, 0.15) is 12.8 Å². The number of nitrogens with zero attached hydrogens (tertiary/aromatic N) is 2. The first-order valence-electron chi connectivity index (χ1n) is 5.01. The van der Waals surface area contributed by atoms with Gasteiger partial charge in [-0.25, -0.2) is 5.84 Å². The van der Waals surface area contributed by atoms with Crippen molar-refractivity contribution >= 4 is 5.91 Å². The molecule has 1 aliphatic rings. The Morgan fingerprint density at radius 2 is 2.36 bits per heavy atom. The Hall–Kier alpha value is -0.650. The Balaban J connectivity index is 2.36. The Labute approximate surface area is 85.2 Å². The highest BCUT2D eigenvalue weighted by Gasteiger charge is 2.22. The third-order valence-corrected chi connectivity index (χ3v) is 2.74. The molecule has 0 aromatic rings. The summed E-state index contributed by atoms with van der Waals surface area (Å²) < 4.78 is 0. The molecule has 1 saturated heterocycles. The fourth-order valence-corrected chi connectivity index (χ4v) is 1.84. The highest BCUT2D eigenvalue weighted by molar-refractivity contribution is 5.77. The van der Waals surface area contributed by atoms with Gasteiger partial charge in [-0.2, -0.15) is 0 Å². The minimum atomic E-state index is -0.107. The zero-order valence-corrected chi connectivity index (χ0v) is 8.99. The fourth-order valence-electron chi connectivity index (χ4n) is 1.84. The van der Waals surface area contributed by atoms with Crippen molar-refractivity contribution in [3.8, 4) is 0 Å². The van der Waals surface area contributed by atoms with Crippen LogP contribution in [0.25, 0.3) is 0 Å². The Morgan fingerprint density at radius 1 is 1.64 bits per heavy atom. The zero-order chi connectivity index (χ0) is 10.6. The minimum absolute atomic E-state index is 0.107. The van der Waals surface area contributed by atoms with Crippen molar-refractivity contribution in [3.05, 3.63) is 0 Å². The van der Waals surface area contributed by atoms with E-state index in [2.05, 4.69) is 29.3 Å². The predicted molar refractivity (Wildman–Crippen MR) is 55.5 cm³/mol. The molecule has 0 aromatic heterocycles. The van der Waals surface area contributed by atoms with Crippen LogP contribution in [0.15, 0.2) is 0 Å². The van der Waals surface area contributed by atoms with Crippen molar-refractivity contribution in [3.63, 3.8) is 0 Å². The molecular formula is C9H20N4O. The van der Waals surface area contributed by atoms with Gasteiger partial charge in [0.25, 0.3) is 0 Å². The number of likely N-dealkylation sites (tertiary alicyclic amines) is 1. The quantitative estimate of drug-likeness (QED) is 0.348. The van der Waals surface area contributed by atoms with E-state index in [1.165, 1.54) is 6.42 Å². The summed E-state index contributed by atoms with van der Waals surface area (Å²) in [5.41, 5.74) is 2.16. The van der Waals surface area contributed by atoms with Gasteiger partial charge in [-0.1, -0.05) is 0 Å². The lowest BCUT2D eigenvalue weighted by Gasteiger charge is -2.35. The SMILES string of the molecule is CN(C)C1CCCN(CC(=O)NN)C1. The molecule has 1 atom stereocenters. The number of rotatable bonds is 3. The second-order valence-corrected chi connectivity index (χ2v) is 4.06. The topological polar surface area (TPSA) is 61.6 Å². The maximum absolute atomic E-state index is 11.1. The second-order valence-electron chi connectivity index (χ2n) is 4.06. The van der Waals surface area contributed by atoms with Crippen LogP contribution in [0.2, 0.25) is 0 Å². The van der Waals surface area contributed by atoms with Gasteiger partial charge in [0.05, 0.1) is 6.54 Å². The number of hydrazine groups is 1. The van der Waals surface area contributed by atoms with E-state index in [9.17, 15) is 4.79 Å². The first-order chi connectivity index (χ1) is 6.63. The molecule has 1 fully saturated rings. The van der Waals surface area contributed by atoms with Gasteiger partial charge in [-0.3, -0.25) is 15.1 Å². The molecule has 0 bridgehead atoms. The number of hydrogen-bond donors (Lipinski definition) is 2. The maximum atomic E-state index is 11.1. The van der Waals surface area contributed by atoms with Gasteiger partial charge in [0, 0.05) is 12.6 Å². The van der Waals surface area contributed by atoms with Gasteiger partial charge >= 0.3 is 0 Å². The Kier molecular flexibility index (Phi) is 4.31. The third-order valence-electron chi connectivity index (χ3n) is 2.74.